The van der Waals surface area contributed by atoms with Crippen LogP contribution in [0.5, 0.6) is 0 Å². The van der Waals surface area contributed by atoms with Gasteiger partial charge in [-0.15, -0.1) is 0 Å². The number of pyridine rings is 1. The number of amides is 1. The number of carbonyl (C=O) groups is 1. The van der Waals surface area contributed by atoms with Gasteiger partial charge in [0.15, 0.2) is 0 Å². The standard InChI is InChI=1S/C14H21N3O/c1-11(2)13-10-15-7-5-9-17(13)14(18)12-6-3-4-8-16-12/h3-4,6,8,11,13,15H,5,7,9-10H2,1-2H3. The molecule has 2 heterocycles. The van der Waals surface area contributed by atoms with Gasteiger partial charge < -0.3 is 10.2 Å². The van der Waals surface area contributed by atoms with E-state index < -0.39 is 0 Å². The number of rotatable bonds is 2. The van der Waals surface area contributed by atoms with Gasteiger partial charge in [-0.2, -0.15) is 0 Å². The first-order chi connectivity index (χ1) is 8.70. The Morgan fingerprint density at radius 2 is 2.33 bits per heavy atom. The van der Waals surface area contributed by atoms with Crippen LogP contribution in [-0.4, -0.2) is 41.5 Å². The van der Waals surface area contributed by atoms with Gasteiger partial charge in [-0.1, -0.05) is 19.9 Å². The van der Waals surface area contributed by atoms with Crippen LogP contribution in [0.25, 0.3) is 0 Å². The molecule has 1 atom stereocenters. The highest BCUT2D eigenvalue weighted by Gasteiger charge is 2.28. The van der Waals surface area contributed by atoms with Crippen molar-refractivity contribution in [1.29, 1.82) is 0 Å². The summed E-state index contributed by atoms with van der Waals surface area (Å²) in [5.41, 5.74) is 0.546. The molecule has 2 rings (SSSR count). The van der Waals surface area contributed by atoms with Crippen molar-refractivity contribution in [3.05, 3.63) is 30.1 Å². The minimum atomic E-state index is 0.0537. The number of hydrogen-bond acceptors (Lipinski definition) is 3. The molecule has 1 N–H and O–H groups in total. The first kappa shape index (κ1) is 13.0. The van der Waals surface area contributed by atoms with Crippen LogP contribution < -0.4 is 5.32 Å². The molecule has 0 aromatic carbocycles. The van der Waals surface area contributed by atoms with Crippen LogP contribution in [0, 0.1) is 5.92 Å². The van der Waals surface area contributed by atoms with Gasteiger partial charge >= 0.3 is 0 Å². The summed E-state index contributed by atoms with van der Waals surface area (Å²) in [5.74, 6) is 0.501. The molecule has 1 aliphatic heterocycles. The molecular formula is C14H21N3O. The Labute approximate surface area is 108 Å². The monoisotopic (exact) mass is 247 g/mol. The molecule has 18 heavy (non-hydrogen) atoms. The van der Waals surface area contributed by atoms with Gasteiger partial charge in [0.05, 0.1) is 0 Å². The molecule has 98 valence electrons. The minimum absolute atomic E-state index is 0.0537. The molecular weight excluding hydrogens is 226 g/mol. The van der Waals surface area contributed by atoms with Crippen LogP contribution in [-0.2, 0) is 0 Å². The first-order valence-corrected chi connectivity index (χ1v) is 6.63. The molecule has 4 heteroatoms. The number of nitrogens with one attached hydrogen (secondary N) is 1. The predicted molar refractivity (Wildman–Crippen MR) is 71.4 cm³/mol. The highest BCUT2D eigenvalue weighted by molar-refractivity contribution is 5.92. The molecule has 1 aliphatic rings. The van der Waals surface area contributed by atoms with Gasteiger partial charge in [-0.05, 0) is 31.0 Å². The van der Waals surface area contributed by atoms with Crippen LogP contribution in [0.1, 0.15) is 30.8 Å². The summed E-state index contributed by atoms with van der Waals surface area (Å²) in [6.45, 7) is 6.99. The molecule has 0 spiro atoms. The van der Waals surface area contributed by atoms with E-state index in [4.69, 9.17) is 0 Å². The van der Waals surface area contributed by atoms with Crippen molar-refractivity contribution in [2.24, 2.45) is 5.92 Å². The second kappa shape index (κ2) is 5.96. The summed E-state index contributed by atoms with van der Waals surface area (Å²) in [6, 6.07) is 5.74. The summed E-state index contributed by atoms with van der Waals surface area (Å²) in [5, 5.41) is 3.40. The van der Waals surface area contributed by atoms with E-state index >= 15 is 0 Å². The molecule has 0 saturated carbocycles. The van der Waals surface area contributed by atoms with E-state index in [1.54, 1.807) is 12.3 Å². The van der Waals surface area contributed by atoms with Gasteiger partial charge in [-0.3, -0.25) is 9.78 Å². The maximum atomic E-state index is 12.5. The van der Waals surface area contributed by atoms with Crippen molar-refractivity contribution >= 4 is 5.91 Å². The molecule has 4 nitrogen and oxygen atoms in total. The molecule has 1 fully saturated rings. The van der Waals surface area contributed by atoms with E-state index in [-0.39, 0.29) is 11.9 Å². The molecule has 0 radical (unpaired) electrons. The highest BCUT2D eigenvalue weighted by Crippen LogP contribution is 2.16. The molecule has 0 bridgehead atoms. The van der Waals surface area contributed by atoms with Gasteiger partial charge in [0.1, 0.15) is 5.69 Å². The Morgan fingerprint density at radius 3 is 3.00 bits per heavy atom. The Bertz CT molecular complexity index is 391. The van der Waals surface area contributed by atoms with Gasteiger partial charge in [0, 0.05) is 25.3 Å². The van der Waals surface area contributed by atoms with E-state index in [0.29, 0.717) is 11.6 Å². The maximum absolute atomic E-state index is 12.5. The fourth-order valence-electron chi connectivity index (χ4n) is 2.38. The number of hydrogen-bond donors (Lipinski definition) is 1. The average molecular weight is 247 g/mol. The highest BCUT2D eigenvalue weighted by atomic mass is 16.2. The number of nitrogens with zero attached hydrogens (tertiary/aromatic N) is 2. The van der Waals surface area contributed by atoms with Crippen LogP contribution in [0.15, 0.2) is 24.4 Å². The SMILES string of the molecule is CC(C)C1CNCCCN1C(=O)c1ccccn1. The molecule has 1 saturated heterocycles. The van der Waals surface area contributed by atoms with Gasteiger partial charge in [-0.25, -0.2) is 0 Å². The van der Waals surface area contributed by atoms with E-state index in [2.05, 4.69) is 24.1 Å². The first-order valence-electron chi connectivity index (χ1n) is 6.63. The summed E-state index contributed by atoms with van der Waals surface area (Å²) in [7, 11) is 0. The summed E-state index contributed by atoms with van der Waals surface area (Å²) in [6.07, 6.45) is 2.68. The van der Waals surface area contributed by atoms with Gasteiger partial charge in [0.25, 0.3) is 5.91 Å². The third kappa shape index (κ3) is 2.88. The molecule has 0 aliphatic carbocycles. The molecule has 1 aromatic rings. The normalized spacial score (nSPS) is 20.8. The lowest BCUT2D eigenvalue weighted by Crippen LogP contribution is -2.46. The fourth-order valence-corrected chi connectivity index (χ4v) is 2.38. The minimum Gasteiger partial charge on any atom is -0.333 e. The number of carbonyl (C=O) groups excluding carboxylic acids is 1. The van der Waals surface area contributed by atoms with Crippen molar-refractivity contribution in [2.45, 2.75) is 26.3 Å². The largest absolute Gasteiger partial charge is 0.333 e. The van der Waals surface area contributed by atoms with Crippen LogP contribution >= 0.6 is 0 Å². The lowest BCUT2D eigenvalue weighted by atomic mass is 10.0. The van der Waals surface area contributed by atoms with E-state index in [1.165, 1.54) is 0 Å². The second-order valence-corrected chi connectivity index (χ2v) is 5.08. The van der Waals surface area contributed by atoms with E-state index in [1.807, 2.05) is 17.0 Å². The van der Waals surface area contributed by atoms with Crippen LogP contribution in [0.3, 0.4) is 0 Å². The summed E-state index contributed by atoms with van der Waals surface area (Å²) in [4.78, 5) is 18.6. The predicted octanol–water partition coefficient (Wildman–Crippen LogP) is 1.54. The fraction of sp³-hybridized carbons (Fsp3) is 0.571. The average Bonchev–Trinajstić information content (AvgIpc) is 2.64. The Hall–Kier alpha value is -1.42. The zero-order valence-corrected chi connectivity index (χ0v) is 11.1. The van der Waals surface area contributed by atoms with Crippen molar-refractivity contribution in [3.8, 4) is 0 Å². The van der Waals surface area contributed by atoms with Crippen molar-refractivity contribution < 1.29 is 4.79 Å². The molecule has 1 aromatic heterocycles. The van der Waals surface area contributed by atoms with Gasteiger partial charge in [0.2, 0.25) is 0 Å². The molecule has 1 amide bonds. The smallest absolute Gasteiger partial charge is 0.272 e. The maximum Gasteiger partial charge on any atom is 0.272 e. The summed E-state index contributed by atoms with van der Waals surface area (Å²) < 4.78 is 0. The topological polar surface area (TPSA) is 45.2 Å². The second-order valence-electron chi connectivity index (χ2n) is 5.08. The van der Waals surface area contributed by atoms with Crippen molar-refractivity contribution in [2.75, 3.05) is 19.6 Å². The molecule has 1 unspecified atom stereocenters. The van der Waals surface area contributed by atoms with Crippen molar-refractivity contribution in [3.63, 3.8) is 0 Å². The Balaban J connectivity index is 2.20. The lowest BCUT2D eigenvalue weighted by molar-refractivity contribution is 0.0640. The zero-order chi connectivity index (χ0) is 13.0. The number of aromatic nitrogens is 1. The van der Waals surface area contributed by atoms with E-state index in [9.17, 15) is 4.79 Å². The quantitative estimate of drug-likeness (QED) is 0.862. The third-order valence-electron chi connectivity index (χ3n) is 3.42. The van der Waals surface area contributed by atoms with Crippen molar-refractivity contribution in [1.82, 2.24) is 15.2 Å². The lowest BCUT2D eigenvalue weighted by Gasteiger charge is -2.32. The summed E-state index contributed by atoms with van der Waals surface area (Å²) >= 11 is 0. The zero-order valence-electron chi connectivity index (χ0n) is 11.1. The van der Waals surface area contributed by atoms with Crippen LogP contribution in [0.4, 0.5) is 0 Å². The van der Waals surface area contributed by atoms with Crippen LogP contribution in [0.2, 0.25) is 0 Å². The third-order valence-corrected chi connectivity index (χ3v) is 3.42. The Kier molecular flexibility index (Phi) is 4.31. The Morgan fingerprint density at radius 1 is 1.50 bits per heavy atom. The van der Waals surface area contributed by atoms with E-state index in [0.717, 1.165) is 26.1 Å².